The van der Waals surface area contributed by atoms with Gasteiger partial charge in [-0.05, 0) is 37.3 Å². The van der Waals surface area contributed by atoms with Crippen LogP contribution in [-0.2, 0) is 4.79 Å². The van der Waals surface area contributed by atoms with Gasteiger partial charge < -0.3 is 14.4 Å². The number of pyridine rings is 3. The number of hydrogen-bond donors (Lipinski definition) is 1. The first-order valence-corrected chi connectivity index (χ1v) is 12.3. The lowest BCUT2D eigenvalue weighted by molar-refractivity contribution is -0.138. The van der Waals surface area contributed by atoms with Gasteiger partial charge in [0.15, 0.2) is 0 Å². The number of aliphatic hydroxyl groups is 1. The van der Waals surface area contributed by atoms with Crippen LogP contribution in [0.15, 0.2) is 61.1 Å². The van der Waals surface area contributed by atoms with E-state index in [4.69, 9.17) is 33.3 Å². The third-order valence-corrected chi connectivity index (χ3v) is 7.43. The van der Waals surface area contributed by atoms with E-state index in [0.29, 0.717) is 28.7 Å². The standard InChI is InChI=1S/C27H21Cl2N5O2/c1-15-26(25-20(28)3-2-4-21(25)29)32-27-19-9-17(11-31-23(19)7-8-34(15)27)16-5-6-22(30-10-16)18-12-33(13-18)24(36)14-35/h2-11,18,35H,12-14H2,1H3. The Labute approximate surface area is 217 Å². The van der Waals surface area contributed by atoms with Crippen LogP contribution in [0.2, 0.25) is 10.0 Å². The molecule has 6 rings (SSSR count). The van der Waals surface area contributed by atoms with Gasteiger partial charge in [0.05, 0.1) is 21.3 Å². The summed E-state index contributed by atoms with van der Waals surface area (Å²) in [6.07, 6.45) is 5.63. The minimum Gasteiger partial charge on any atom is -0.387 e. The number of halogens is 2. The number of imidazole rings is 1. The number of fused-ring (bicyclic) bond motifs is 3. The average molecular weight is 518 g/mol. The van der Waals surface area contributed by atoms with Gasteiger partial charge in [0, 0.05) is 71.1 Å². The van der Waals surface area contributed by atoms with E-state index in [0.717, 1.165) is 44.8 Å². The number of aryl methyl sites for hydroxylation is 1. The van der Waals surface area contributed by atoms with Crippen LogP contribution < -0.4 is 0 Å². The Bertz CT molecular complexity index is 1620. The first kappa shape index (κ1) is 22.9. The van der Waals surface area contributed by atoms with Crippen LogP contribution in [0.3, 0.4) is 0 Å². The molecule has 1 aromatic carbocycles. The van der Waals surface area contributed by atoms with Crippen LogP contribution >= 0.6 is 23.2 Å². The molecule has 180 valence electrons. The third-order valence-electron chi connectivity index (χ3n) is 6.80. The van der Waals surface area contributed by atoms with Crippen molar-refractivity contribution in [2.45, 2.75) is 12.8 Å². The van der Waals surface area contributed by atoms with E-state index >= 15 is 0 Å². The highest BCUT2D eigenvalue weighted by Gasteiger charge is 2.32. The maximum Gasteiger partial charge on any atom is 0.248 e. The van der Waals surface area contributed by atoms with Gasteiger partial charge in [-0.15, -0.1) is 0 Å². The van der Waals surface area contributed by atoms with E-state index in [-0.39, 0.29) is 11.8 Å². The lowest BCUT2D eigenvalue weighted by Gasteiger charge is -2.38. The Morgan fingerprint density at radius 1 is 1.06 bits per heavy atom. The van der Waals surface area contributed by atoms with Gasteiger partial charge in [-0.2, -0.15) is 0 Å². The third kappa shape index (κ3) is 3.71. The molecule has 0 spiro atoms. The molecular weight excluding hydrogens is 497 g/mol. The Morgan fingerprint density at radius 2 is 1.81 bits per heavy atom. The SMILES string of the molecule is Cc1c(-c2c(Cl)cccc2Cl)nc2c3cc(-c4ccc(C5CN(C(=O)CO)C5)nc4)cnc3ccn12. The van der Waals surface area contributed by atoms with Gasteiger partial charge in [-0.25, -0.2) is 4.98 Å². The monoisotopic (exact) mass is 517 g/mol. The quantitative estimate of drug-likeness (QED) is 0.356. The van der Waals surface area contributed by atoms with E-state index in [2.05, 4.69) is 16.0 Å². The van der Waals surface area contributed by atoms with Gasteiger partial charge >= 0.3 is 0 Å². The smallest absolute Gasteiger partial charge is 0.248 e. The molecule has 0 saturated carbocycles. The summed E-state index contributed by atoms with van der Waals surface area (Å²) in [5.41, 5.74) is 6.81. The van der Waals surface area contributed by atoms with Crippen molar-refractivity contribution in [2.75, 3.05) is 19.7 Å². The maximum absolute atomic E-state index is 11.6. The maximum atomic E-state index is 11.6. The molecule has 1 saturated heterocycles. The molecule has 0 radical (unpaired) electrons. The van der Waals surface area contributed by atoms with Crippen molar-refractivity contribution < 1.29 is 9.90 Å². The molecule has 5 aromatic rings. The number of aliphatic hydroxyl groups excluding tert-OH is 1. The number of rotatable bonds is 4. The van der Waals surface area contributed by atoms with Gasteiger partial charge in [-0.1, -0.05) is 35.3 Å². The summed E-state index contributed by atoms with van der Waals surface area (Å²) in [6.45, 7) is 2.71. The van der Waals surface area contributed by atoms with Gasteiger partial charge in [0.1, 0.15) is 12.3 Å². The minimum absolute atomic E-state index is 0.187. The van der Waals surface area contributed by atoms with E-state index in [9.17, 15) is 4.79 Å². The number of aromatic nitrogens is 4. The summed E-state index contributed by atoms with van der Waals surface area (Å²) < 4.78 is 2.03. The highest BCUT2D eigenvalue weighted by atomic mass is 35.5. The second kappa shape index (κ2) is 8.85. The summed E-state index contributed by atoms with van der Waals surface area (Å²) in [5, 5.41) is 11.0. The first-order chi connectivity index (χ1) is 17.4. The van der Waals surface area contributed by atoms with Gasteiger partial charge in [0.25, 0.3) is 0 Å². The fraction of sp³-hybridized carbons (Fsp3) is 0.185. The Kier molecular flexibility index (Phi) is 5.63. The van der Waals surface area contributed by atoms with E-state index in [1.54, 1.807) is 4.90 Å². The van der Waals surface area contributed by atoms with Crippen molar-refractivity contribution in [2.24, 2.45) is 0 Å². The number of likely N-dealkylation sites (tertiary alicyclic amines) is 1. The molecule has 9 heteroatoms. The predicted octanol–water partition coefficient (Wildman–Crippen LogP) is 5.14. The summed E-state index contributed by atoms with van der Waals surface area (Å²) in [6, 6.07) is 13.5. The van der Waals surface area contributed by atoms with Crippen molar-refractivity contribution in [1.82, 2.24) is 24.3 Å². The van der Waals surface area contributed by atoms with Crippen LogP contribution in [0, 0.1) is 6.92 Å². The molecule has 7 nitrogen and oxygen atoms in total. The van der Waals surface area contributed by atoms with Crippen molar-refractivity contribution in [3.63, 3.8) is 0 Å². The van der Waals surface area contributed by atoms with Crippen LogP contribution in [-0.4, -0.2) is 55.0 Å². The molecule has 1 fully saturated rings. The molecule has 1 aliphatic rings. The molecular formula is C27H21Cl2N5O2. The van der Waals surface area contributed by atoms with Crippen LogP contribution in [0.1, 0.15) is 17.3 Å². The number of carbonyl (C=O) groups excluding carboxylic acids is 1. The fourth-order valence-corrected chi connectivity index (χ4v) is 5.30. The summed E-state index contributed by atoms with van der Waals surface area (Å²) in [4.78, 5) is 27.5. The van der Waals surface area contributed by atoms with Crippen molar-refractivity contribution in [3.8, 4) is 22.4 Å². The largest absolute Gasteiger partial charge is 0.387 e. The number of hydrogen-bond acceptors (Lipinski definition) is 5. The lowest BCUT2D eigenvalue weighted by Crippen LogP contribution is -2.49. The normalized spacial score (nSPS) is 13.9. The first-order valence-electron chi connectivity index (χ1n) is 11.5. The molecule has 4 aromatic heterocycles. The van der Waals surface area contributed by atoms with E-state index in [1.165, 1.54) is 0 Å². The molecule has 0 aliphatic carbocycles. The van der Waals surface area contributed by atoms with Crippen molar-refractivity contribution >= 4 is 45.7 Å². The van der Waals surface area contributed by atoms with E-state index in [1.807, 2.05) is 66.3 Å². The van der Waals surface area contributed by atoms with Crippen LogP contribution in [0.5, 0.6) is 0 Å². The number of benzene rings is 1. The van der Waals surface area contributed by atoms with Gasteiger partial charge in [0.2, 0.25) is 5.91 Å². The average Bonchev–Trinajstić information content (AvgIpc) is 3.19. The van der Waals surface area contributed by atoms with Crippen LogP contribution in [0.25, 0.3) is 38.9 Å². The molecule has 1 amide bonds. The highest BCUT2D eigenvalue weighted by Crippen LogP contribution is 2.37. The lowest BCUT2D eigenvalue weighted by atomic mass is 9.95. The summed E-state index contributed by atoms with van der Waals surface area (Å²) in [5.74, 6) is -0.0579. The van der Waals surface area contributed by atoms with Crippen molar-refractivity contribution in [3.05, 3.63) is 82.5 Å². The number of nitrogens with zero attached hydrogens (tertiary/aromatic N) is 5. The number of amides is 1. The second-order valence-corrected chi connectivity index (χ2v) is 9.75. The topological polar surface area (TPSA) is 83.6 Å². The molecule has 0 atom stereocenters. The zero-order valence-corrected chi connectivity index (χ0v) is 20.8. The Hall–Kier alpha value is -3.52. The zero-order chi connectivity index (χ0) is 25.0. The van der Waals surface area contributed by atoms with E-state index < -0.39 is 6.61 Å². The molecule has 5 heterocycles. The Morgan fingerprint density at radius 3 is 2.50 bits per heavy atom. The molecule has 1 aliphatic heterocycles. The predicted molar refractivity (Wildman–Crippen MR) is 140 cm³/mol. The molecule has 36 heavy (non-hydrogen) atoms. The number of carbonyl (C=O) groups is 1. The molecule has 1 N–H and O–H groups in total. The summed E-state index contributed by atoms with van der Waals surface area (Å²) >= 11 is 13.0. The fourth-order valence-electron chi connectivity index (χ4n) is 4.72. The molecule has 0 unspecified atom stereocenters. The van der Waals surface area contributed by atoms with Crippen LogP contribution in [0.4, 0.5) is 0 Å². The van der Waals surface area contributed by atoms with Crippen molar-refractivity contribution in [1.29, 1.82) is 0 Å². The summed E-state index contributed by atoms with van der Waals surface area (Å²) in [7, 11) is 0. The van der Waals surface area contributed by atoms with Gasteiger partial charge in [-0.3, -0.25) is 14.8 Å². The second-order valence-electron chi connectivity index (χ2n) is 8.93. The minimum atomic E-state index is -0.454. The Balaban J connectivity index is 1.37. The zero-order valence-electron chi connectivity index (χ0n) is 19.3. The molecule has 0 bridgehead atoms. The highest BCUT2D eigenvalue weighted by molar-refractivity contribution is 6.39.